The number of hydrogen-bond donors (Lipinski definition) is 1. The second-order valence-corrected chi connectivity index (χ2v) is 3.48. The van der Waals surface area contributed by atoms with Crippen LogP contribution in [0.3, 0.4) is 0 Å². The van der Waals surface area contributed by atoms with Gasteiger partial charge in [-0.15, -0.1) is 0 Å². The molecule has 1 fully saturated rings. The van der Waals surface area contributed by atoms with Crippen molar-refractivity contribution in [1.29, 1.82) is 0 Å². The van der Waals surface area contributed by atoms with E-state index in [1.807, 2.05) is 6.07 Å². The Morgan fingerprint density at radius 1 is 1.57 bits per heavy atom. The van der Waals surface area contributed by atoms with Crippen LogP contribution in [0.15, 0.2) is 12.1 Å². The van der Waals surface area contributed by atoms with Gasteiger partial charge in [0.15, 0.2) is 5.69 Å². The Morgan fingerprint density at radius 2 is 2.29 bits per heavy atom. The zero-order valence-corrected chi connectivity index (χ0v) is 7.99. The van der Waals surface area contributed by atoms with Crippen molar-refractivity contribution >= 4 is 11.7 Å². The van der Waals surface area contributed by atoms with Crippen LogP contribution in [0.1, 0.15) is 34.9 Å². The van der Waals surface area contributed by atoms with Crippen molar-refractivity contribution in [2.24, 2.45) is 0 Å². The van der Waals surface area contributed by atoms with E-state index < -0.39 is 5.97 Å². The maximum Gasteiger partial charge on any atom is 0.356 e. The Morgan fingerprint density at radius 3 is 2.86 bits per heavy atom. The molecule has 0 bridgehead atoms. The second-order valence-electron chi connectivity index (χ2n) is 3.48. The lowest BCUT2D eigenvalue weighted by Crippen LogP contribution is -2.07. The molecule has 0 aromatic carbocycles. The summed E-state index contributed by atoms with van der Waals surface area (Å²) >= 11 is 0. The highest BCUT2D eigenvalue weighted by atomic mass is 16.5. The molecule has 0 spiro atoms. The van der Waals surface area contributed by atoms with E-state index in [9.17, 15) is 4.79 Å². The molecule has 2 N–H and O–H groups in total. The fraction of sp³-hybridized carbons (Fsp3) is 0.400. The molecular weight excluding hydrogens is 180 g/mol. The number of pyridine rings is 1. The molecule has 0 saturated heterocycles. The summed E-state index contributed by atoms with van der Waals surface area (Å²) in [5, 5.41) is 0. The van der Waals surface area contributed by atoms with Gasteiger partial charge in [0, 0.05) is 17.3 Å². The molecule has 1 saturated carbocycles. The number of ether oxygens (including phenoxy) is 1. The third-order valence-corrected chi connectivity index (χ3v) is 2.26. The van der Waals surface area contributed by atoms with Crippen LogP contribution in [-0.2, 0) is 4.74 Å². The zero-order chi connectivity index (χ0) is 10.1. The van der Waals surface area contributed by atoms with Crippen LogP contribution in [0.2, 0.25) is 0 Å². The molecule has 0 amide bonds. The molecule has 2 rings (SSSR count). The predicted octanol–water partition coefficient (Wildman–Crippen LogP) is 1.33. The third kappa shape index (κ3) is 1.69. The Bertz CT molecular complexity index is 372. The normalized spacial score (nSPS) is 15.2. The van der Waals surface area contributed by atoms with Gasteiger partial charge in [0.2, 0.25) is 0 Å². The molecule has 74 valence electrons. The first-order valence-corrected chi connectivity index (χ1v) is 4.56. The lowest BCUT2D eigenvalue weighted by atomic mass is 10.2. The van der Waals surface area contributed by atoms with Crippen LogP contribution < -0.4 is 5.73 Å². The first-order chi connectivity index (χ1) is 6.70. The van der Waals surface area contributed by atoms with Crippen LogP contribution in [0.25, 0.3) is 0 Å². The average Bonchev–Trinajstić information content (AvgIpc) is 2.98. The number of nitrogen functional groups attached to an aromatic ring is 1. The Kier molecular flexibility index (Phi) is 2.11. The van der Waals surface area contributed by atoms with E-state index in [0.29, 0.717) is 17.3 Å². The van der Waals surface area contributed by atoms with Gasteiger partial charge in [-0.1, -0.05) is 0 Å². The summed E-state index contributed by atoms with van der Waals surface area (Å²) in [6, 6.07) is 3.36. The van der Waals surface area contributed by atoms with Crippen molar-refractivity contribution in [3.8, 4) is 0 Å². The van der Waals surface area contributed by atoms with Crippen LogP contribution in [0.4, 0.5) is 5.69 Å². The molecule has 4 nitrogen and oxygen atoms in total. The molecule has 1 aromatic rings. The molecule has 14 heavy (non-hydrogen) atoms. The van der Waals surface area contributed by atoms with Gasteiger partial charge < -0.3 is 10.5 Å². The third-order valence-electron chi connectivity index (χ3n) is 2.26. The lowest BCUT2D eigenvalue weighted by Gasteiger charge is -2.03. The van der Waals surface area contributed by atoms with Crippen molar-refractivity contribution in [1.82, 2.24) is 4.98 Å². The van der Waals surface area contributed by atoms with E-state index in [1.165, 1.54) is 13.2 Å². The predicted molar refractivity (Wildman–Crippen MR) is 52.0 cm³/mol. The first kappa shape index (κ1) is 8.99. The SMILES string of the molecule is COC(=O)c1cc(N)cc(C2CC2)n1. The highest BCUT2D eigenvalue weighted by molar-refractivity contribution is 5.88. The van der Waals surface area contributed by atoms with Gasteiger partial charge in [-0.05, 0) is 25.0 Å². The largest absolute Gasteiger partial charge is 0.464 e. The van der Waals surface area contributed by atoms with E-state index in [1.54, 1.807) is 0 Å². The summed E-state index contributed by atoms with van der Waals surface area (Å²) < 4.78 is 4.59. The van der Waals surface area contributed by atoms with Gasteiger partial charge in [0.1, 0.15) is 0 Å². The second kappa shape index (κ2) is 3.29. The number of aromatic nitrogens is 1. The van der Waals surface area contributed by atoms with Gasteiger partial charge in [-0.25, -0.2) is 9.78 Å². The van der Waals surface area contributed by atoms with E-state index in [0.717, 1.165) is 18.5 Å². The van der Waals surface area contributed by atoms with Crippen molar-refractivity contribution in [2.45, 2.75) is 18.8 Å². The Labute approximate surface area is 82.1 Å². The van der Waals surface area contributed by atoms with Crippen LogP contribution >= 0.6 is 0 Å². The van der Waals surface area contributed by atoms with E-state index >= 15 is 0 Å². The summed E-state index contributed by atoms with van der Waals surface area (Å²) in [5.74, 6) is 0.0566. The molecule has 1 heterocycles. The molecule has 4 heteroatoms. The maximum absolute atomic E-state index is 11.2. The summed E-state index contributed by atoms with van der Waals surface area (Å²) in [7, 11) is 1.34. The quantitative estimate of drug-likeness (QED) is 0.718. The first-order valence-electron chi connectivity index (χ1n) is 4.56. The lowest BCUT2D eigenvalue weighted by molar-refractivity contribution is 0.0594. The molecule has 0 aliphatic heterocycles. The molecule has 0 atom stereocenters. The van der Waals surface area contributed by atoms with Gasteiger partial charge >= 0.3 is 5.97 Å². The van der Waals surface area contributed by atoms with E-state index in [2.05, 4.69) is 9.72 Å². The van der Waals surface area contributed by atoms with Crippen molar-refractivity contribution in [2.75, 3.05) is 12.8 Å². The highest BCUT2D eigenvalue weighted by Gasteiger charge is 2.26. The van der Waals surface area contributed by atoms with Crippen LogP contribution in [0, 0.1) is 0 Å². The van der Waals surface area contributed by atoms with Crippen molar-refractivity contribution in [3.05, 3.63) is 23.5 Å². The molecular formula is C10H12N2O2. The highest BCUT2D eigenvalue weighted by Crippen LogP contribution is 2.39. The number of nitrogens with zero attached hydrogens (tertiary/aromatic N) is 1. The Balaban J connectivity index is 2.35. The number of carbonyl (C=O) groups is 1. The zero-order valence-electron chi connectivity index (χ0n) is 7.99. The summed E-state index contributed by atoms with van der Waals surface area (Å²) in [4.78, 5) is 15.4. The number of carbonyl (C=O) groups excluding carboxylic acids is 1. The number of rotatable bonds is 2. The number of methoxy groups -OCH3 is 1. The summed E-state index contributed by atoms with van der Waals surface area (Å²) in [6.07, 6.45) is 2.27. The van der Waals surface area contributed by atoms with E-state index in [4.69, 9.17) is 5.73 Å². The smallest absolute Gasteiger partial charge is 0.356 e. The van der Waals surface area contributed by atoms with Crippen molar-refractivity contribution in [3.63, 3.8) is 0 Å². The fourth-order valence-electron chi connectivity index (χ4n) is 1.37. The molecule has 1 aliphatic rings. The fourth-order valence-corrected chi connectivity index (χ4v) is 1.37. The van der Waals surface area contributed by atoms with Gasteiger partial charge in [0.25, 0.3) is 0 Å². The number of anilines is 1. The maximum atomic E-state index is 11.2. The topological polar surface area (TPSA) is 65.2 Å². The number of hydrogen-bond acceptors (Lipinski definition) is 4. The Hall–Kier alpha value is -1.58. The van der Waals surface area contributed by atoms with Crippen LogP contribution in [-0.4, -0.2) is 18.1 Å². The minimum Gasteiger partial charge on any atom is -0.464 e. The minimum atomic E-state index is -0.431. The van der Waals surface area contributed by atoms with E-state index in [-0.39, 0.29) is 0 Å². The summed E-state index contributed by atoms with van der Waals surface area (Å²) in [6.45, 7) is 0. The number of nitrogens with two attached hydrogens (primary N) is 1. The standard InChI is InChI=1S/C10H12N2O2/c1-14-10(13)9-5-7(11)4-8(12-9)6-2-3-6/h4-6H,2-3H2,1H3,(H2,11,12). The van der Waals surface area contributed by atoms with Gasteiger partial charge in [-0.3, -0.25) is 0 Å². The molecule has 0 unspecified atom stereocenters. The van der Waals surface area contributed by atoms with Gasteiger partial charge in [-0.2, -0.15) is 0 Å². The number of esters is 1. The average molecular weight is 192 g/mol. The van der Waals surface area contributed by atoms with Crippen molar-refractivity contribution < 1.29 is 9.53 Å². The van der Waals surface area contributed by atoms with Crippen LogP contribution in [0.5, 0.6) is 0 Å². The van der Waals surface area contributed by atoms with Gasteiger partial charge in [0.05, 0.1) is 7.11 Å². The minimum absolute atomic E-state index is 0.300. The molecule has 0 radical (unpaired) electrons. The monoisotopic (exact) mass is 192 g/mol. The molecule has 1 aliphatic carbocycles. The summed E-state index contributed by atoms with van der Waals surface area (Å²) in [5.41, 5.74) is 7.45. The molecule has 1 aromatic heterocycles.